The minimum Gasteiger partial charge on any atom is -0.354 e. The number of nitrogens with one attached hydrogen (secondary N) is 2. The smallest absolute Gasteiger partial charge is 0.227 e. The second-order valence-electron chi connectivity index (χ2n) is 6.09. The van der Waals surface area contributed by atoms with Crippen LogP contribution in [0.5, 0.6) is 0 Å². The molecular formula is C17H22FN3O3. The second kappa shape index (κ2) is 7.90. The van der Waals surface area contributed by atoms with Gasteiger partial charge in [-0.05, 0) is 12.1 Å². The van der Waals surface area contributed by atoms with Gasteiger partial charge in [0.05, 0.1) is 11.6 Å². The highest BCUT2D eigenvalue weighted by molar-refractivity contribution is 6.00. The van der Waals surface area contributed by atoms with Crippen molar-refractivity contribution in [1.82, 2.24) is 10.6 Å². The van der Waals surface area contributed by atoms with Gasteiger partial charge < -0.3 is 15.5 Å². The lowest BCUT2D eigenvalue weighted by atomic mass is 10.1. The highest BCUT2D eigenvalue weighted by atomic mass is 19.1. The fraction of sp³-hybridized carbons (Fsp3) is 0.471. The number of anilines is 1. The van der Waals surface area contributed by atoms with Crippen LogP contribution in [0.2, 0.25) is 0 Å². The van der Waals surface area contributed by atoms with Gasteiger partial charge in [0.1, 0.15) is 5.82 Å². The molecule has 0 spiro atoms. The highest BCUT2D eigenvalue weighted by Gasteiger charge is 2.35. The molecule has 3 amide bonds. The van der Waals surface area contributed by atoms with Gasteiger partial charge in [-0.15, -0.1) is 0 Å². The molecule has 1 fully saturated rings. The maximum Gasteiger partial charge on any atom is 0.227 e. The third-order valence-corrected chi connectivity index (χ3v) is 3.89. The number of amides is 3. The molecule has 0 radical (unpaired) electrons. The van der Waals surface area contributed by atoms with Crippen LogP contribution < -0.4 is 15.5 Å². The molecule has 0 aromatic heterocycles. The first kappa shape index (κ1) is 17.9. The molecule has 0 saturated carbocycles. The van der Waals surface area contributed by atoms with Crippen molar-refractivity contribution in [3.63, 3.8) is 0 Å². The molecule has 1 aliphatic heterocycles. The number of para-hydroxylation sites is 1. The summed E-state index contributed by atoms with van der Waals surface area (Å²) in [5, 5.41) is 5.40. The van der Waals surface area contributed by atoms with Gasteiger partial charge in [-0.1, -0.05) is 26.0 Å². The minimum atomic E-state index is -0.516. The van der Waals surface area contributed by atoms with Gasteiger partial charge in [-0.25, -0.2) is 4.39 Å². The molecule has 1 heterocycles. The Bertz CT molecular complexity index is 633. The van der Waals surface area contributed by atoms with Crippen LogP contribution in [-0.4, -0.2) is 37.4 Å². The Hall–Kier alpha value is -2.44. The van der Waals surface area contributed by atoms with Crippen molar-refractivity contribution in [3.05, 3.63) is 30.1 Å². The van der Waals surface area contributed by atoms with Crippen LogP contribution in [0.4, 0.5) is 10.1 Å². The number of halogens is 1. The molecule has 0 unspecified atom stereocenters. The van der Waals surface area contributed by atoms with Crippen LogP contribution in [0, 0.1) is 17.7 Å². The third kappa shape index (κ3) is 4.31. The monoisotopic (exact) mass is 335 g/mol. The molecule has 2 N–H and O–H groups in total. The van der Waals surface area contributed by atoms with Crippen molar-refractivity contribution >= 4 is 23.4 Å². The predicted molar refractivity (Wildman–Crippen MR) is 87.7 cm³/mol. The van der Waals surface area contributed by atoms with Crippen LogP contribution in [-0.2, 0) is 14.4 Å². The summed E-state index contributed by atoms with van der Waals surface area (Å²) in [5.41, 5.74) is 0.196. The van der Waals surface area contributed by atoms with Crippen molar-refractivity contribution in [3.8, 4) is 0 Å². The lowest BCUT2D eigenvalue weighted by Crippen LogP contribution is -2.39. The third-order valence-electron chi connectivity index (χ3n) is 3.89. The van der Waals surface area contributed by atoms with Gasteiger partial charge in [0.2, 0.25) is 17.7 Å². The largest absolute Gasteiger partial charge is 0.354 e. The first-order valence-corrected chi connectivity index (χ1v) is 8.00. The Balaban J connectivity index is 1.84. The lowest BCUT2D eigenvalue weighted by molar-refractivity contribution is -0.126. The van der Waals surface area contributed by atoms with E-state index in [1.54, 1.807) is 26.0 Å². The van der Waals surface area contributed by atoms with E-state index in [1.807, 2.05) is 0 Å². The van der Waals surface area contributed by atoms with Gasteiger partial charge in [0.25, 0.3) is 0 Å². The number of rotatable bonds is 6. The molecule has 6 nitrogen and oxygen atoms in total. The zero-order chi connectivity index (χ0) is 17.7. The van der Waals surface area contributed by atoms with E-state index in [9.17, 15) is 18.8 Å². The second-order valence-corrected chi connectivity index (χ2v) is 6.09. The molecule has 1 atom stereocenters. The Morgan fingerprint density at radius 1 is 1.25 bits per heavy atom. The fourth-order valence-corrected chi connectivity index (χ4v) is 2.51. The van der Waals surface area contributed by atoms with Crippen LogP contribution in [0.3, 0.4) is 0 Å². The number of hydrogen-bond donors (Lipinski definition) is 2. The van der Waals surface area contributed by atoms with Crippen LogP contribution in [0.1, 0.15) is 20.3 Å². The van der Waals surface area contributed by atoms with E-state index in [-0.39, 0.29) is 42.3 Å². The molecular weight excluding hydrogens is 313 g/mol. The number of hydrogen-bond acceptors (Lipinski definition) is 3. The molecule has 1 aromatic rings. The Labute approximate surface area is 140 Å². The Morgan fingerprint density at radius 3 is 2.58 bits per heavy atom. The van der Waals surface area contributed by atoms with Crippen molar-refractivity contribution in [2.45, 2.75) is 20.3 Å². The molecule has 24 heavy (non-hydrogen) atoms. The van der Waals surface area contributed by atoms with Crippen LogP contribution in [0.15, 0.2) is 24.3 Å². The van der Waals surface area contributed by atoms with E-state index in [1.165, 1.54) is 17.0 Å². The van der Waals surface area contributed by atoms with E-state index in [0.717, 1.165) is 0 Å². The van der Waals surface area contributed by atoms with Crippen LogP contribution in [0.25, 0.3) is 0 Å². The van der Waals surface area contributed by atoms with Crippen LogP contribution >= 0.6 is 0 Å². The van der Waals surface area contributed by atoms with Crippen molar-refractivity contribution < 1.29 is 18.8 Å². The number of carbonyl (C=O) groups is 3. The highest BCUT2D eigenvalue weighted by Crippen LogP contribution is 2.27. The van der Waals surface area contributed by atoms with Crippen molar-refractivity contribution in [1.29, 1.82) is 0 Å². The quantitative estimate of drug-likeness (QED) is 0.763. The molecule has 0 aliphatic carbocycles. The van der Waals surface area contributed by atoms with Crippen molar-refractivity contribution in [2.75, 3.05) is 24.5 Å². The zero-order valence-corrected chi connectivity index (χ0v) is 13.8. The molecule has 1 aliphatic rings. The predicted octanol–water partition coefficient (Wildman–Crippen LogP) is 1.07. The maximum absolute atomic E-state index is 13.8. The van der Waals surface area contributed by atoms with E-state index < -0.39 is 11.7 Å². The van der Waals surface area contributed by atoms with Crippen molar-refractivity contribution in [2.24, 2.45) is 11.8 Å². The number of carbonyl (C=O) groups excluding carboxylic acids is 3. The molecule has 1 saturated heterocycles. The summed E-state index contributed by atoms with van der Waals surface area (Å²) in [7, 11) is 0. The summed E-state index contributed by atoms with van der Waals surface area (Å²) < 4.78 is 13.8. The summed E-state index contributed by atoms with van der Waals surface area (Å²) in [5.74, 6) is -1.72. The fourth-order valence-electron chi connectivity index (χ4n) is 2.51. The normalized spacial score (nSPS) is 17.2. The van der Waals surface area contributed by atoms with Gasteiger partial charge in [-0.2, -0.15) is 0 Å². The summed E-state index contributed by atoms with van der Waals surface area (Å²) in [6.45, 7) is 4.36. The first-order chi connectivity index (χ1) is 11.4. The van der Waals surface area contributed by atoms with Gasteiger partial charge in [0.15, 0.2) is 0 Å². The maximum atomic E-state index is 13.8. The zero-order valence-electron chi connectivity index (χ0n) is 13.8. The molecule has 7 heteroatoms. The molecule has 130 valence electrons. The standard InChI is InChI=1S/C17H22FN3O3/c1-11(2)16(23)19-7-8-20-17(24)12-9-15(22)21(10-12)14-6-4-3-5-13(14)18/h3-6,11-12H,7-10H2,1-2H3,(H,19,23)(H,20,24)/t12-/m1/s1. The molecule has 1 aromatic carbocycles. The lowest BCUT2D eigenvalue weighted by Gasteiger charge is -2.17. The Kier molecular flexibility index (Phi) is 5.89. The average Bonchev–Trinajstić information content (AvgIpc) is 2.93. The summed E-state index contributed by atoms with van der Waals surface area (Å²) in [6, 6.07) is 6.01. The Morgan fingerprint density at radius 2 is 1.92 bits per heavy atom. The number of benzene rings is 1. The first-order valence-electron chi connectivity index (χ1n) is 8.00. The molecule has 2 rings (SSSR count). The molecule has 0 bridgehead atoms. The topological polar surface area (TPSA) is 78.5 Å². The summed E-state index contributed by atoms with van der Waals surface area (Å²) >= 11 is 0. The summed E-state index contributed by atoms with van der Waals surface area (Å²) in [6.07, 6.45) is 0.0541. The van der Waals surface area contributed by atoms with Gasteiger partial charge in [0, 0.05) is 32.0 Å². The minimum absolute atomic E-state index is 0.0541. The van der Waals surface area contributed by atoms with Gasteiger partial charge >= 0.3 is 0 Å². The van der Waals surface area contributed by atoms with E-state index >= 15 is 0 Å². The van der Waals surface area contributed by atoms with E-state index in [4.69, 9.17) is 0 Å². The van der Waals surface area contributed by atoms with E-state index in [2.05, 4.69) is 10.6 Å². The number of nitrogens with zero attached hydrogens (tertiary/aromatic N) is 1. The summed E-state index contributed by atoms with van der Waals surface area (Å²) in [4.78, 5) is 36.9. The SMILES string of the molecule is CC(C)C(=O)NCCNC(=O)[C@@H]1CC(=O)N(c2ccccc2F)C1. The van der Waals surface area contributed by atoms with Gasteiger partial charge in [-0.3, -0.25) is 14.4 Å². The average molecular weight is 335 g/mol. The van der Waals surface area contributed by atoms with E-state index in [0.29, 0.717) is 13.1 Å².